The van der Waals surface area contributed by atoms with Crippen LogP contribution in [0.3, 0.4) is 0 Å². The van der Waals surface area contributed by atoms with E-state index in [0.717, 1.165) is 11.3 Å². The van der Waals surface area contributed by atoms with Gasteiger partial charge in [0.05, 0.1) is 17.9 Å². The number of nitrogens with zero attached hydrogens (tertiary/aromatic N) is 6. The van der Waals surface area contributed by atoms with Gasteiger partial charge in [0.25, 0.3) is 5.82 Å². The summed E-state index contributed by atoms with van der Waals surface area (Å²) in [5, 5.41) is 14.0. The maximum atomic E-state index is 13.2. The fourth-order valence-corrected chi connectivity index (χ4v) is 4.43. The number of alkyl halides is 3. The average Bonchev–Trinajstić information content (AvgIpc) is 3.55. The molecule has 1 unspecified atom stereocenters. The van der Waals surface area contributed by atoms with Crippen molar-refractivity contribution in [3.63, 3.8) is 0 Å². The fourth-order valence-electron chi connectivity index (χ4n) is 4.43. The lowest BCUT2D eigenvalue weighted by molar-refractivity contribution is -0.146. The monoisotopic (exact) mass is 498 g/mol. The average molecular weight is 499 g/mol. The number of rotatable bonds is 6. The number of imidazole rings is 1. The molecule has 0 spiro atoms. The number of amides is 1. The van der Waals surface area contributed by atoms with Gasteiger partial charge in [-0.3, -0.25) is 4.79 Å². The van der Waals surface area contributed by atoms with Gasteiger partial charge in [-0.2, -0.15) is 17.7 Å². The molecule has 0 saturated carbocycles. The number of carbonyl (C=O) groups is 1. The predicted octanol–water partition coefficient (Wildman–Crippen LogP) is 4.02. The first-order chi connectivity index (χ1) is 17.3. The number of carbonyl (C=O) groups excluding carboxylic acids is 1. The summed E-state index contributed by atoms with van der Waals surface area (Å²) in [6.07, 6.45) is -1.09. The van der Waals surface area contributed by atoms with Crippen LogP contribution in [0, 0.1) is 5.92 Å². The zero-order valence-electron chi connectivity index (χ0n) is 19.5. The van der Waals surface area contributed by atoms with Crippen molar-refractivity contribution in [2.75, 3.05) is 18.0 Å². The molecular weight excluding hydrogens is 473 g/mol. The Morgan fingerprint density at radius 3 is 2.58 bits per heavy atom. The smallest absolute Gasteiger partial charge is 0.355 e. The van der Waals surface area contributed by atoms with Crippen molar-refractivity contribution in [1.82, 2.24) is 35.1 Å². The number of hydrogen-bond donors (Lipinski definition) is 2. The molecule has 4 aromatic rings. The second kappa shape index (κ2) is 9.59. The van der Waals surface area contributed by atoms with E-state index in [2.05, 4.69) is 30.6 Å². The van der Waals surface area contributed by atoms with Gasteiger partial charge in [-0.25, -0.2) is 4.98 Å². The first-order valence-corrected chi connectivity index (χ1v) is 11.8. The van der Waals surface area contributed by atoms with Crippen LogP contribution in [0.2, 0.25) is 0 Å². The van der Waals surface area contributed by atoms with Crippen molar-refractivity contribution >= 4 is 17.4 Å². The zero-order valence-corrected chi connectivity index (χ0v) is 19.5. The van der Waals surface area contributed by atoms with Crippen molar-refractivity contribution in [1.29, 1.82) is 0 Å². The lowest BCUT2D eigenvalue weighted by atomic mass is 9.95. The van der Waals surface area contributed by atoms with E-state index in [1.54, 1.807) is 12.3 Å². The Bertz CT molecular complexity index is 1340. The normalized spacial score (nSPS) is 15.8. The van der Waals surface area contributed by atoms with Gasteiger partial charge in [-0.15, -0.1) is 15.3 Å². The number of halogens is 3. The Morgan fingerprint density at radius 1 is 1.14 bits per heavy atom. The summed E-state index contributed by atoms with van der Waals surface area (Å²) in [5.74, 6) is -0.326. The van der Waals surface area contributed by atoms with Crippen LogP contribution in [0.25, 0.3) is 16.9 Å². The summed E-state index contributed by atoms with van der Waals surface area (Å²) in [6, 6.07) is 12.7. The van der Waals surface area contributed by atoms with Gasteiger partial charge in [0.1, 0.15) is 11.6 Å². The van der Waals surface area contributed by atoms with Crippen LogP contribution in [0.5, 0.6) is 0 Å². The molecule has 1 aromatic carbocycles. The highest BCUT2D eigenvalue weighted by Gasteiger charge is 2.38. The van der Waals surface area contributed by atoms with Gasteiger partial charge in [-0.05, 0) is 37.0 Å². The molecule has 1 amide bonds. The molecule has 36 heavy (non-hydrogen) atoms. The molecule has 1 saturated heterocycles. The molecule has 188 valence electrons. The maximum absolute atomic E-state index is 13.2. The summed E-state index contributed by atoms with van der Waals surface area (Å²) in [4.78, 5) is 22.7. The van der Waals surface area contributed by atoms with Gasteiger partial charge >= 0.3 is 6.18 Å². The van der Waals surface area contributed by atoms with Crippen molar-refractivity contribution < 1.29 is 18.0 Å². The SMILES string of the molecule is CCC(NC(=O)C1CCN(c2ccc3nnc(C(F)(F)F)n3n2)CC1)c1ncc(-c2ccccc2)[nH]1. The number of anilines is 1. The Morgan fingerprint density at radius 2 is 1.89 bits per heavy atom. The number of hydrogen-bond acceptors (Lipinski definition) is 6. The molecule has 3 aromatic heterocycles. The summed E-state index contributed by atoms with van der Waals surface area (Å²) < 4.78 is 40.3. The van der Waals surface area contributed by atoms with Crippen molar-refractivity contribution in [2.24, 2.45) is 5.92 Å². The van der Waals surface area contributed by atoms with E-state index in [1.807, 2.05) is 42.2 Å². The number of fused-ring (bicyclic) bond motifs is 1. The Balaban J connectivity index is 1.22. The van der Waals surface area contributed by atoms with Crippen molar-refractivity contribution in [3.05, 3.63) is 60.3 Å². The molecule has 0 aliphatic carbocycles. The van der Waals surface area contributed by atoms with Crippen LogP contribution in [0.4, 0.5) is 19.0 Å². The lowest BCUT2D eigenvalue weighted by Crippen LogP contribution is -2.42. The number of aromatic nitrogens is 6. The number of H-pyrrole nitrogens is 1. The lowest BCUT2D eigenvalue weighted by Gasteiger charge is -2.32. The van der Waals surface area contributed by atoms with Crippen molar-refractivity contribution in [3.8, 4) is 11.3 Å². The van der Waals surface area contributed by atoms with Crippen LogP contribution >= 0.6 is 0 Å². The fraction of sp³-hybridized carbons (Fsp3) is 0.375. The molecule has 2 N–H and O–H groups in total. The highest BCUT2D eigenvalue weighted by molar-refractivity contribution is 5.79. The summed E-state index contributed by atoms with van der Waals surface area (Å²) in [5.41, 5.74) is 1.93. The second-order valence-corrected chi connectivity index (χ2v) is 8.76. The molecule has 1 fully saturated rings. The molecule has 1 atom stereocenters. The number of nitrogens with one attached hydrogen (secondary N) is 2. The van der Waals surface area contributed by atoms with E-state index in [1.165, 1.54) is 6.07 Å². The highest BCUT2D eigenvalue weighted by atomic mass is 19.4. The zero-order chi connectivity index (χ0) is 25.3. The first-order valence-electron chi connectivity index (χ1n) is 11.8. The van der Waals surface area contributed by atoms with Crippen molar-refractivity contribution in [2.45, 2.75) is 38.4 Å². The predicted molar refractivity (Wildman–Crippen MR) is 126 cm³/mol. The van der Waals surface area contributed by atoms with Gasteiger partial charge in [0, 0.05) is 19.0 Å². The van der Waals surface area contributed by atoms with E-state index in [4.69, 9.17) is 0 Å². The molecule has 5 rings (SSSR count). The number of piperidine rings is 1. The van der Waals surface area contributed by atoms with Crippen LogP contribution in [0.1, 0.15) is 43.9 Å². The van der Waals surface area contributed by atoms with E-state index in [9.17, 15) is 18.0 Å². The van der Waals surface area contributed by atoms with E-state index >= 15 is 0 Å². The second-order valence-electron chi connectivity index (χ2n) is 8.76. The largest absolute Gasteiger partial charge is 0.453 e. The molecule has 1 aliphatic heterocycles. The topological polar surface area (TPSA) is 104 Å². The molecule has 12 heteroatoms. The number of aromatic amines is 1. The first kappa shape index (κ1) is 23.8. The molecular formula is C24H25F3N8O. The van der Waals surface area contributed by atoms with E-state index in [-0.39, 0.29) is 23.5 Å². The standard InChI is InChI=1S/C24H25F3N8O/c1-2-17(21-28-14-18(29-21)15-6-4-3-5-7-15)30-22(36)16-10-12-34(13-11-16)20-9-8-19-31-32-23(24(25,26)27)35(19)33-20/h3-9,14,16-17H,2,10-13H2,1H3,(H,28,29)(H,30,36). The molecule has 0 bridgehead atoms. The van der Waals surface area contributed by atoms with Crippen LogP contribution in [-0.2, 0) is 11.0 Å². The molecule has 0 radical (unpaired) electrons. The summed E-state index contributed by atoms with van der Waals surface area (Å²) in [6.45, 7) is 2.98. The van der Waals surface area contributed by atoms with Crippen LogP contribution < -0.4 is 10.2 Å². The Hall–Kier alpha value is -3.96. The molecule has 1 aliphatic rings. The highest BCUT2D eigenvalue weighted by Crippen LogP contribution is 2.29. The molecule has 9 nitrogen and oxygen atoms in total. The van der Waals surface area contributed by atoms with E-state index in [0.29, 0.717) is 48.5 Å². The van der Waals surface area contributed by atoms with Crippen LogP contribution in [-0.4, -0.2) is 48.8 Å². The minimum Gasteiger partial charge on any atom is -0.355 e. The number of benzene rings is 1. The summed E-state index contributed by atoms with van der Waals surface area (Å²) >= 11 is 0. The third-order valence-corrected chi connectivity index (χ3v) is 6.43. The maximum Gasteiger partial charge on any atom is 0.453 e. The Kier molecular flexibility index (Phi) is 6.33. The minimum absolute atomic E-state index is 0.0271. The van der Waals surface area contributed by atoms with Gasteiger partial charge < -0.3 is 15.2 Å². The quantitative estimate of drug-likeness (QED) is 0.416. The third-order valence-electron chi connectivity index (χ3n) is 6.43. The van der Waals surface area contributed by atoms with E-state index < -0.39 is 12.0 Å². The van der Waals surface area contributed by atoms with Gasteiger partial charge in [-0.1, -0.05) is 37.3 Å². The minimum atomic E-state index is -4.65. The van der Waals surface area contributed by atoms with Gasteiger partial charge in [0.2, 0.25) is 5.91 Å². The van der Waals surface area contributed by atoms with Crippen LogP contribution in [0.15, 0.2) is 48.7 Å². The Labute approximate surface area is 204 Å². The molecule has 4 heterocycles. The summed E-state index contributed by atoms with van der Waals surface area (Å²) in [7, 11) is 0. The van der Waals surface area contributed by atoms with Gasteiger partial charge in [0.15, 0.2) is 5.65 Å². The third kappa shape index (κ3) is 4.75.